The molecule has 2 rings (SSSR count). The first-order valence-electron chi connectivity index (χ1n) is 10.5. The number of ketones is 1. The Labute approximate surface area is 176 Å². The average molecular weight is 418 g/mol. The third-order valence-electron chi connectivity index (χ3n) is 4.90. The smallest absolute Gasteiger partial charge is 0.321 e. The van der Waals surface area contributed by atoms with Gasteiger partial charge in [-0.1, -0.05) is 19.3 Å². The third-order valence-corrected chi connectivity index (χ3v) is 4.90. The van der Waals surface area contributed by atoms with Crippen molar-refractivity contribution in [2.45, 2.75) is 70.9 Å². The van der Waals surface area contributed by atoms with Crippen LogP contribution in [-0.4, -0.2) is 42.4 Å². The highest BCUT2D eigenvalue weighted by atomic mass is 16.5. The summed E-state index contributed by atoms with van der Waals surface area (Å²) in [6, 6.07) is 6.15. The van der Waals surface area contributed by atoms with Gasteiger partial charge in [0.25, 0.3) is 5.91 Å². The highest BCUT2D eigenvalue weighted by molar-refractivity contribution is 5.99. The summed E-state index contributed by atoms with van der Waals surface area (Å²) >= 11 is 0. The van der Waals surface area contributed by atoms with Gasteiger partial charge in [0.2, 0.25) is 0 Å². The van der Waals surface area contributed by atoms with Crippen LogP contribution in [0.4, 0.5) is 4.79 Å². The predicted molar refractivity (Wildman–Crippen MR) is 110 cm³/mol. The van der Waals surface area contributed by atoms with Crippen LogP contribution in [0, 0.1) is 0 Å². The molecule has 1 fully saturated rings. The maximum Gasteiger partial charge on any atom is 0.321 e. The first kappa shape index (κ1) is 23.4. The molecule has 1 aliphatic rings. The van der Waals surface area contributed by atoms with Gasteiger partial charge in [0.1, 0.15) is 5.75 Å². The Kier molecular flexibility index (Phi) is 9.31. The maximum atomic E-state index is 12.2. The molecule has 1 atom stereocenters. The molecule has 2 N–H and O–H groups in total. The largest absolute Gasteiger partial charge is 0.494 e. The number of ether oxygens (including phenoxy) is 2. The molecule has 0 bridgehead atoms. The number of benzene rings is 1. The van der Waals surface area contributed by atoms with Crippen molar-refractivity contribution >= 4 is 23.7 Å². The summed E-state index contributed by atoms with van der Waals surface area (Å²) in [6.07, 6.45) is 3.75. The van der Waals surface area contributed by atoms with Crippen LogP contribution in [0.3, 0.4) is 0 Å². The van der Waals surface area contributed by atoms with Crippen molar-refractivity contribution in [3.05, 3.63) is 29.8 Å². The first-order chi connectivity index (χ1) is 14.4. The standard InChI is InChI=1S/C22H30N2O6/c1-3-29-18-11-9-16(10-12-18)19(25)13-14-20(26)30-15(2)21(27)24-22(28)23-17-7-5-4-6-8-17/h9-12,15,17H,3-8,13-14H2,1-2H3,(H2,23,24,27,28)/t15-/m0/s1. The van der Waals surface area contributed by atoms with Crippen molar-refractivity contribution in [2.75, 3.05) is 6.61 Å². The number of carbonyl (C=O) groups excluding carboxylic acids is 4. The zero-order chi connectivity index (χ0) is 21.9. The van der Waals surface area contributed by atoms with E-state index in [0.29, 0.717) is 17.9 Å². The molecule has 1 aliphatic carbocycles. The molecular formula is C22H30N2O6. The Morgan fingerprint density at radius 1 is 1.03 bits per heavy atom. The normalized spacial score (nSPS) is 15.0. The second-order valence-electron chi connectivity index (χ2n) is 7.31. The number of carbonyl (C=O) groups is 4. The quantitative estimate of drug-likeness (QED) is 0.471. The second-order valence-corrected chi connectivity index (χ2v) is 7.31. The van der Waals surface area contributed by atoms with E-state index in [9.17, 15) is 19.2 Å². The number of esters is 1. The third kappa shape index (κ3) is 7.85. The van der Waals surface area contributed by atoms with Crippen molar-refractivity contribution in [1.29, 1.82) is 0 Å². The average Bonchev–Trinajstić information content (AvgIpc) is 2.73. The SMILES string of the molecule is CCOc1ccc(C(=O)CCC(=O)O[C@@H](C)C(=O)NC(=O)NC2CCCCC2)cc1. The molecule has 0 heterocycles. The highest BCUT2D eigenvalue weighted by Crippen LogP contribution is 2.17. The summed E-state index contributed by atoms with van der Waals surface area (Å²) in [5.41, 5.74) is 0.469. The molecule has 0 radical (unpaired) electrons. The molecule has 0 aromatic heterocycles. The fourth-order valence-electron chi connectivity index (χ4n) is 3.26. The number of amides is 3. The summed E-state index contributed by atoms with van der Waals surface area (Å²) in [4.78, 5) is 48.1. The molecular weight excluding hydrogens is 388 g/mol. The molecule has 0 spiro atoms. The lowest BCUT2D eigenvalue weighted by Crippen LogP contribution is -2.48. The highest BCUT2D eigenvalue weighted by Gasteiger charge is 2.22. The lowest BCUT2D eigenvalue weighted by atomic mass is 9.96. The van der Waals surface area contributed by atoms with E-state index in [4.69, 9.17) is 9.47 Å². The maximum absolute atomic E-state index is 12.2. The number of hydrogen-bond acceptors (Lipinski definition) is 6. The van der Waals surface area contributed by atoms with Crippen LogP contribution >= 0.6 is 0 Å². The number of rotatable bonds is 9. The van der Waals surface area contributed by atoms with Crippen LogP contribution in [0.5, 0.6) is 5.75 Å². The fourth-order valence-corrected chi connectivity index (χ4v) is 3.26. The predicted octanol–water partition coefficient (Wildman–Crippen LogP) is 3.14. The summed E-state index contributed by atoms with van der Waals surface area (Å²) in [7, 11) is 0. The fraction of sp³-hybridized carbons (Fsp3) is 0.545. The van der Waals surface area contributed by atoms with Crippen LogP contribution in [-0.2, 0) is 14.3 Å². The van der Waals surface area contributed by atoms with Gasteiger partial charge in [0, 0.05) is 18.0 Å². The van der Waals surface area contributed by atoms with Crippen molar-refractivity contribution in [2.24, 2.45) is 0 Å². The zero-order valence-corrected chi connectivity index (χ0v) is 17.6. The van der Waals surface area contributed by atoms with Gasteiger partial charge in [-0.15, -0.1) is 0 Å². The van der Waals surface area contributed by atoms with Crippen LogP contribution in [0.1, 0.15) is 69.2 Å². The lowest BCUT2D eigenvalue weighted by Gasteiger charge is -2.23. The van der Waals surface area contributed by atoms with Crippen LogP contribution in [0.15, 0.2) is 24.3 Å². The molecule has 0 aliphatic heterocycles. The van der Waals surface area contributed by atoms with Crippen LogP contribution in [0.2, 0.25) is 0 Å². The Bertz CT molecular complexity index is 740. The molecule has 1 saturated carbocycles. The topological polar surface area (TPSA) is 111 Å². The van der Waals surface area contributed by atoms with Crippen LogP contribution < -0.4 is 15.4 Å². The van der Waals surface area contributed by atoms with E-state index < -0.39 is 24.0 Å². The zero-order valence-electron chi connectivity index (χ0n) is 17.6. The van der Waals surface area contributed by atoms with E-state index >= 15 is 0 Å². The number of hydrogen-bond donors (Lipinski definition) is 2. The Hall–Kier alpha value is -2.90. The van der Waals surface area contributed by atoms with Gasteiger partial charge in [0.05, 0.1) is 13.0 Å². The van der Waals surface area contributed by atoms with Gasteiger partial charge in [-0.2, -0.15) is 0 Å². The number of urea groups is 1. The molecule has 8 heteroatoms. The molecule has 8 nitrogen and oxygen atoms in total. The molecule has 30 heavy (non-hydrogen) atoms. The van der Waals surface area contributed by atoms with Crippen molar-refractivity contribution in [1.82, 2.24) is 10.6 Å². The minimum atomic E-state index is -1.13. The lowest BCUT2D eigenvalue weighted by molar-refractivity contribution is -0.154. The van der Waals surface area contributed by atoms with Gasteiger partial charge in [-0.05, 0) is 51.0 Å². The monoisotopic (exact) mass is 418 g/mol. The second kappa shape index (κ2) is 11.9. The van der Waals surface area contributed by atoms with Crippen LogP contribution in [0.25, 0.3) is 0 Å². The van der Waals surface area contributed by atoms with Gasteiger partial charge in [0.15, 0.2) is 11.9 Å². The van der Waals surface area contributed by atoms with Crippen molar-refractivity contribution < 1.29 is 28.7 Å². The van der Waals surface area contributed by atoms with E-state index in [-0.39, 0.29) is 24.7 Å². The summed E-state index contributed by atoms with van der Waals surface area (Å²) in [5, 5.41) is 4.96. The minimum absolute atomic E-state index is 0.0384. The first-order valence-corrected chi connectivity index (χ1v) is 10.5. The van der Waals surface area contributed by atoms with Gasteiger partial charge >= 0.3 is 12.0 Å². The Morgan fingerprint density at radius 3 is 2.33 bits per heavy atom. The molecule has 1 aromatic rings. The molecule has 0 unspecified atom stereocenters. The Balaban J connectivity index is 1.70. The number of imide groups is 1. The van der Waals surface area contributed by atoms with Crippen molar-refractivity contribution in [3.63, 3.8) is 0 Å². The molecule has 164 valence electrons. The molecule has 3 amide bonds. The number of nitrogens with one attached hydrogen (secondary N) is 2. The van der Waals surface area contributed by atoms with Gasteiger partial charge < -0.3 is 14.8 Å². The summed E-state index contributed by atoms with van der Waals surface area (Å²) in [5.74, 6) is -0.918. The summed E-state index contributed by atoms with van der Waals surface area (Å²) in [6.45, 7) is 3.79. The molecule has 1 aromatic carbocycles. The van der Waals surface area contributed by atoms with Gasteiger partial charge in [-0.3, -0.25) is 19.7 Å². The van der Waals surface area contributed by atoms with E-state index in [1.54, 1.807) is 24.3 Å². The summed E-state index contributed by atoms with van der Waals surface area (Å²) < 4.78 is 10.4. The molecule has 0 saturated heterocycles. The van der Waals surface area contributed by atoms with Gasteiger partial charge in [-0.25, -0.2) is 4.79 Å². The van der Waals surface area contributed by atoms with E-state index in [1.165, 1.54) is 6.92 Å². The minimum Gasteiger partial charge on any atom is -0.494 e. The van der Waals surface area contributed by atoms with E-state index in [1.807, 2.05) is 6.92 Å². The number of Topliss-reactive ketones (excluding diaryl/α,β-unsaturated/α-hetero) is 1. The van der Waals surface area contributed by atoms with E-state index in [0.717, 1.165) is 32.1 Å². The van der Waals surface area contributed by atoms with Crippen molar-refractivity contribution in [3.8, 4) is 5.75 Å². The van der Waals surface area contributed by atoms with E-state index in [2.05, 4.69) is 10.6 Å². The Morgan fingerprint density at radius 2 is 1.70 bits per heavy atom.